The van der Waals surface area contributed by atoms with Gasteiger partial charge in [-0.15, -0.1) is 11.8 Å². The van der Waals surface area contributed by atoms with Crippen LogP contribution in [-0.2, 0) is 11.3 Å². The first-order valence-corrected chi connectivity index (χ1v) is 10.5. The smallest absolute Gasteiger partial charge is 0.244 e. The van der Waals surface area contributed by atoms with Crippen molar-refractivity contribution >= 4 is 35.0 Å². The quantitative estimate of drug-likeness (QED) is 0.728. The Morgan fingerprint density at radius 1 is 1.22 bits per heavy atom. The lowest BCUT2D eigenvalue weighted by molar-refractivity contribution is -0.122. The molecule has 0 unspecified atom stereocenters. The minimum atomic E-state index is -0.0913. The number of ether oxygens (including phenoxy) is 2. The summed E-state index contributed by atoms with van der Waals surface area (Å²) >= 11 is 8.11. The SMILES string of the molecule is CSc1ccccc1N1C(=O)[C@@H]2C[C@H]1CN2Cc1cc2c(cc1Cl)OCO2. The first-order chi connectivity index (χ1) is 13.2. The van der Waals surface area contributed by atoms with Crippen molar-refractivity contribution in [3.8, 4) is 11.5 Å². The molecule has 2 aromatic rings. The molecule has 0 spiro atoms. The zero-order valence-corrected chi connectivity index (χ0v) is 16.4. The molecule has 2 saturated heterocycles. The predicted molar refractivity (Wildman–Crippen MR) is 106 cm³/mol. The van der Waals surface area contributed by atoms with Crippen LogP contribution in [-0.4, -0.2) is 42.5 Å². The zero-order chi connectivity index (χ0) is 18.5. The van der Waals surface area contributed by atoms with Crippen molar-refractivity contribution < 1.29 is 14.3 Å². The van der Waals surface area contributed by atoms with E-state index in [1.54, 1.807) is 17.8 Å². The van der Waals surface area contributed by atoms with Crippen LogP contribution in [0.15, 0.2) is 41.3 Å². The van der Waals surface area contributed by atoms with Gasteiger partial charge in [0, 0.05) is 29.1 Å². The normalized spacial score (nSPS) is 23.5. The Kier molecular flexibility index (Phi) is 4.22. The number of amides is 1. The van der Waals surface area contributed by atoms with Crippen molar-refractivity contribution in [2.45, 2.75) is 29.9 Å². The van der Waals surface area contributed by atoms with E-state index in [0.717, 1.165) is 34.9 Å². The van der Waals surface area contributed by atoms with E-state index in [4.69, 9.17) is 21.1 Å². The molecule has 3 aliphatic heterocycles. The van der Waals surface area contributed by atoms with Crippen LogP contribution in [0.5, 0.6) is 11.5 Å². The van der Waals surface area contributed by atoms with Gasteiger partial charge in [-0.05, 0) is 36.4 Å². The van der Waals surface area contributed by atoms with Crippen LogP contribution in [0.25, 0.3) is 0 Å². The fraction of sp³-hybridized carbons (Fsp3) is 0.350. The van der Waals surface area contributed by atoms with E-state index in [1.807, 2.05) is 35.4 Å². The molecule has 2 atom stereocenters. The van der Waals surface area contributed by atoms with Crippen LogP contribution < -0.4 is 14.4 Å². The molecule has 2 aromatic carbocycles. The van der Waals surface area contributed by atoms with Crippen molar-refractivity contribution in [1.82, 2.24) is 4.90 Å². The maximum Gasteiger partial charge on any atom is 0.244 e. The van der Waals surface area contributed by atoms with E-state index in [0.29, 0.717) is 17.3 Å². The number of anilines is 1. The summed E-state index contributed by atoms with van der Waals surface area (Å²) in [4.78, 5) is 18.5. The third-order valence-corrected chi connectivity index (χ3v) is 6.67. The molecule has 3 heterocycles. The van der Waals surface area contributed by atoms with Gasteiger partial charge in [0.2, 0.25) is 12.7 Å². The highest BCUT2D eigenvalue weighted by molar-refractivity contribution is 7.98. The maximum absolute atomic E-state index is 13.1. The number of piperazine rings is 1. The molecule has 140 valence electrons. The summed E-state index contributed by atoms with van der Waals surface area (Å²) in [6.07, 6.45) is 2.91. The first-order valence-electron chi connectivity index (χ1n) is 8.94. The lowest BCUT2D eigenvalue weighted by Gasteiger charge is -2.34. The highest BCUT2D eigenvalue weighted by Crippen LogP contribution is 2.42. The molecule has 0 aliphatic carbocycles. The minimum Gasteiger partial charge on any atom is -0.454 e. The van der Waals surface area contributed by atoms with Gasteiger partial charge in [-0.25, -0.2) is 0 Å². The number of carbonyl (C=O) groups excluding carboxylic acids is 1. The van der Waals surface area contributed by atoms with Gasteiger partial charge in [0.1, 0.15) is 0 Å². The van der Waals surface area contributed by atoms with Gasteiger partial charge in [0.25, 0.3) is 0 Å². The van der Waals surface area contributed by atoms with Gasteiger partial charge in [0.15, 0.2) is 11.5 Å². The highest BCUT2D eigenvalue weighted by atomic mass is 35.5. The maximum atomic E-state index is 13.1. The van der Waals surface area contributed by atoms with E-state index < -0.39 is 0 Å². The highest BCUT2D eigenvalue weighted by Gasteiger charge is 2.50. The number of likely N-dealkylation sites (tertiary alicyclic amines) is 1. The standard InChI is InChI=1S/C20H19ClN2O3S/c1-27-19-5-3-2-4-15(19)23-13-7-16(20(23)24)22(10-13)9-12-6-17-18(8-14(12)21)26-11-25-17/h2-6,8,13,16H,7,9-11H2,1H3/t13-,16-/m0/s1. The molecule has 27 heavy (non-hydrogen) atoms. The molecule has 7 heteroatoms. The number of hydrogen-bond donors (Lipinski definition) is 0. The van der Waals surface area contributed by atoms with Crippen molar-refractivity contribution in [1.29, 1.82) is 0 Å². The van der Waals surface area contributed by atoms with E-state index in [2.05, 4.69) is 11.0 Å². The molecule has 3 aliphatic rings. The third-order valence-electron chi connectivity index (χ3n) is 5.53. The molecule has 5 rings (SSSR count). The molecule has 1 amide bonds. The molecule has 5 nitrogen and oxygen atoms in total. The van der Waals surface area contributed by atoms with Gasteiger partial charge in [-0.1, -0.05) is 23.7 Å². The molecular formula is C20H19ClN2O3S. The van der Waals surface area contributed by atoms with Crippen molar-refractivity contribution in [3.05, 3.63) is 47.0 Å². The average Bonchev–Trinajstić information content (AvgIpc) is 3.36. The number of carbonyl (C=O) groups is 1. The number of para-hydroxylation sites is 1. The summed E-state index contributed by atoms with van der Waals surface area (Å²) in [5.74, 6) is 1.59. The zero-order valence-electron chi connectivity index (χ0n) is 14.9. The number of benzene rings is 2. The molecular weight excluding hydrogens is 384 g/mol. The number of halogens is 1. The van der Waals surface area contributed by atoms with Crippen molar-refractivity contribution in [3.63, 3.8) is 0 Å². The largest absolute Gasteiger partial charge is 0.454 e. The van der Waals surface area contributed by atoms with Crippen LogP contribution in [0.4, 0.5) is 5.69 Å². The Balaban J connectivity index is 1.37. The van der Waals surface area contributed by atoms with Gasteiger partial charge in [0.05, 0.1) is 17.8 Å². The Morgan fingerprint density at radius 2 is 2.00 bits per heavy atom. The molecule has 0 saturated carbocycles. The van der Waals surface area contributed by atoms with Crippen LogP contribution >= 0.6 is 23.4 Å². The molecule has 0 N–H and O–H groups in total. The number of hydrogen-bond acceptors (Lipinski definition) is 5. The van der Waals surface area contributed by atoms with Crippen molar-refractivity contribution in [2.24, 2.45) is 0 Å². The van der Waals surface area contributed by atoms with E-state index in [1.165, 1.54) is 0 Å². The average molecular weight is 403 g/mol. The Bertz CT molecular complexity index is 922. The molecule has 2 bridgehead atoms. The Labute approximate surface area is 167 Å². The summed E-state index contributed by atoms with van der Waals surface area (Å²) in [5, 5.41) is 0.652. The van der Waals surface area contributed by atoms with Crippen LogP contribution in [0.1, 0.15) is 12.0 Å². The lowest BCUT2D eigenvalue weighted by Crippen LogP contribution is -2.50. The summed E-state index contributed by atoms with van der Waals surface area (Å²) in [7, 11) is 0. The molecule has 0 aromatic heterocycles. The number of rotatable bonds is 4. The number of nitrogens with zero attached hydrogens (tertiary/aromatic N) is 2. The Hall–Kier alpha value is -1.89. The molecule has 2 fully saturated rings. The van der Waals surface area contributed by atoms with E-state index >= 15 is 0 Å². The monoisotopic (exact) mass is 402 g/mol. The van der Waals surface area contributed by atoms with Gasteiger partial charge < -0.3 is 14.4 Å². The number of thioether (sulfide) groups is 1. The summed E-state index contributed by atoms with van der Waals surface area (Å²) < 4.78 is 10.8. The Morgan fingerprint density at radius 3 is 2.78 bits per heavy atom. The number of fused-ring (bicyclic) bond motifs is 3. The van der Waals surface area contributed by atoms with Crippen LogP contribution in [0, 0.1) is 0 Å². The van der Waals surface area contributed by atoms with Gasteiger partial charge >= 0.3 is 0 Å². The second-order valence-electron chi connectivity index (χ2n) is 7.01. The summed E-state index contributed by atoms with van der Waals surface area (Å²) in [6, 6.07) is 12.0. The second-order valence-corrected chi connectivity index (χ2v) is 8.27. The van der Waals surface area contributed by atoms with Crippen LogP contribution in [0.3, 0.4) is 0 Å². The fourth-order valence-electron chi connectivity index (χ4n) is 4.28. The second kappa shape index (κ2) is 6.62. The topological polar surface area (TPSA) is 42.0 Å². The van der Waals surface area contributed by atoms with Gasteiger partial charge in [-0.3, -0.25) is 9.69 Å². The summed E-state index contributed by atoms with van der Waals surface area (Å²) in [5.41, 5.74) is 2.00. The van der Waals surface area contributed by atoms with E-state index in [-0.39, 0.29) is 24.8 Å². The van der Waals surface area contributed by atoms with Crippen LogP contribution in [0.2, 0.25) is 5.02 Å². The summed E-state index contributed by atoms with van der Waals surface area (Å²) in [6.45, 7) is 1.72. The minimum absolute atomic E-state index is 0.0913. The van der Waals surface area contributed by atoms with Gasteiger partial charge in [-0.2, -0.15) is 0 Å². The van der Waals surface area contributed by atoms with E-state index in [9.17, 15) is 4.79 Å². The third kappa shape index (κ3) is 2.78. The lowest BCUT2D eigenvalue weighted by atomic mass is 10.1. The molecule has 0 radical (unpaired) electrons. The first kappa shape index (κ1) is 17.2. The fourth-order valence-corrected chi connectivity index (χ4v) is 5.09. The van der Waals surface area contributed by atoms with Crippen molar-refractivity contribution in [2.75, 3.05) is 24.5 Å². The predicted octanol–water partition coefficient (Wildman–Crippen LogP) is 3.78.